The maximum Gasteiger partial charge on any atom is 0.338 e. The van der Waals surface area contributed by atoms with E-state index in [1.165, 1.54) is 17.1 Å². The molecule has 1 atom stereocenters. The molecule has 3 amide bonds. The van der Waals surface area contributed by atoms with E-state index < -0.39 is 12.1 Å². The molecule has 1 heterocycles. The summed E-state index contributed by atoms with van der Waals surface area (Å²) in [7, 11) is 0. The average Bonchev–Trinajstić information content (AvgIpc) is 3.16. The molecule has 1 saturated carbocycles. The number of benzene rings is 1. The molecule has 1 saturated heterocycles. The Bertz CT molecular complexity index is 740. The highest BCUT2D eigenvalue weighted by molar-refractivity contribution is 6.01. The zero-order chi connectivity index (χ0) is 19.4. The molecule has 2 aliphatic rings. The van der Waals surface area contributed by atoms with E-state index in [4.69, 9.17) is 4.74 Å². The van der Waals surface area contributed by atoms with Crippen molar-refractivity contribution in [2.24, 2.45) is 0 Å². The predicted octanol–water partition coefficient (Wildman–Crippen LogP) is 1.45. The van der Waals surface area contributed by atoms with Gasteiger partial charge in [0.25, 0.3) is 5.91 Å². The fourth-order valence-corrected chi connectivity index (χ4v) is 3.20. The van der Waals surface area contributed by atoms with Gasteiger partial charge in [0.15, 0.2) is 6.10 Å². The summed E-state index contributed by atoms with van der Waals surface area (Å²) >= 11 is 0. The number of carbonyl (C=O) groups is 4. The molecule has 1 aromatic rings. The monoisotopic (exact) mass is 373 g/mol. The van der Waals surface area contributed by atoms with Crippen molar-refractivity contribution in [3.63, 3.8) is 0 Å². The second-order valence-electron chi connectivity index (χ2n) is 6.85. The third-order valence-electron chi connectivity index (χ3n) is 4.77. The number of anilines is 1. The van der Waals surface area contributed by atoms with E-state index >= 15 is 0 Å². The second kappa shape index (κ2) is 8.20. The minimum absolute atomic E-state index is 0.142. The molecule has 1 aromatic carbocycles. The molecule has 1 aliphatic carbocycles. The van der Waals surface area contributed by atoms with Crippen LogP contribution in [0.4, 0.5) is 5.69 Å². The van der Waals surface area contributed by atoms with Crippen LogP contribution in [-0.4, -0.2) is 35.8 Å². The Morgan fingerprint density at radius 3 is 2.48 bits per heavy atom. The lowest BCUT2D eigenvalue weighted by Crippen LogP contribution is -2.50. The summed E-state index contributed by atoms with van der Waals surface area (Å²) < 4.78 is 5.23. The van der Waals surface area contributed by atoms with Gasteiger partial charge in [-0.15, -0.1) is 0 Å². The Morgan fingerprint density at radius 1 is 1.15 bits per heavy atom. The minimum Gasteiger partial charge on any atom is -0.449 e. The third-order valence-corrected chi connectivity index (χ3v) is 4.77. The van der Waals surface area contributed by atoms with Crippen LogP contribution in [0.15, 0.2) is 24.3 Å². The van der Waals surface area contributed by atoms with Gasteiger partial charge in [0, 0.05) is 18.9 Å². The molecule has 144 valence electrons. The van der Waals surface area contributed by atoms with Gasteiger partial charge in [0.1, 0.15) is 0 Å². The number of amides is 3. The summed E-state index contributed by atoms with van der Waals surface area (Å²) in [5.41, 5.74) is 3.20. The van der Waals surface area contributed by atoms with Crippen LogP contribution in [0.25, 0.3) is 0 Å². The number of hydrogen-bond acceptors (Lipinski definition) is 5. The second-order valence-corrected chi connectivity index (χ2v) is 6.85. The minimum atomic E-state index is -0.888. The molecule has 8 nitrogen and oxygen atoms in total. The first kappa shape index (κ1) is 18.9. The van der Waals surface area contributed by atoms with Crippen molar-refractivity contribution in [2.45, 2.75) is 57.6 Å². The normalized spacial score (nSPS) is 18.8. The van der Waals surface area contributed by atoms with Crippen molar-refractivity contribution >= 4 is 29.4 Å². The molecule has 2 fully saturated rings. The summed E-state index contributed by atoms with van der Waals surface area (Å²) in [6.07, 6.45) is 3.54. The Morgan fingerprint density at radius 2 is 1.81 bits per heavy atom. The molecular formula is C19H23N3O5. The molecular weight excluding hydrogens is 350 g/mol. The Labute approximate surface area is 157 Å². The molecule has 1 unspecified atom stereocenters. The maximum absolute atomic E-state index is 12.2. The Hall–Kier alpha value is -2.90. The molecule has 2 N–H and O–H groups in total. The van der Waals surface area contributed by atoms with Crippen LogP contribution < -0.4 is 15.8 Å². The summed E-state index contributed by atoms with van der Waals surface area (Å²) in [6.45, 7) is 1.54. The highest BCUT2D eigenvalue weighted by Crippen LogP contribution is 2.19. The van der Waals surface area contributed by atoms with Crippen molar-refractivity contribution < 1.29 is 23.9 Å². The van der Waals surface area contributed by atoms with Crippen LogP contribution in [-0.2, 0) is 19.1 Å². The predicted molar refractivity (Wildman–Crippen MR) is 96.6 cm³/mol. The molecule has 1 aliphatic heterocycles. The maximum atomic E-state index is 12.2. The molecule has 8 heteroatoms. The zero-order valence-electron chi connectivity index (χ0n) is 15.2. The zero-order valence-corrected chi connectivity index (χ0v) is 15.2. The molecule has 0 aromatic heterocycles. The lowest BCUT2D eigenvalue weighted by molar-refractivity contribution is -0.130. The SMILES string of the molecule is CC(OC(=O)c1ccc(N2NC(=O)CCC2=O)cc1)C(=O)NC1CCCC1. The van der Waals surface area contributed by atoms with E-state index in [2.05, 4.69) is 10.7 Å². The first-order valence-electron chi connectivity index (χ1n) is 9.18. The number of carbonyl (C=O) groups excluding carboxylic acids is 4. The molecule has 0 bridgehead atoms. The van der Waals surface area contributed by atoms with Crippen LogP contribution in [0.2, 0.25) is 0 Å². The molecule has 27 heavy (non-hydrogen) atoms. The van der Waals surface area contributed by atoms with Crippen molar-refractivity contribution in [3.05, 3.63) is 29.8 Å². The smallest absolute Gasteiger partial charge is 0.338 e. The lowest BCUT2D eigenvalue weighted by atomic mass is 10.1. The highest BCUT2D eigenvalue weighted by atomic mass is 16.5. The standard InChI is InChI=1S/C19H23N3O5/c1-12(18(25)20-14-4-2-3-5-14)27-19(26)13-6-8-15(9-7-13)22-17(24)11-10-16(23)21-22/h6-9,12,14H,2-5,10-11H2,1H3,(H,20,25)(H,21,23). The van der Waals surface area contributed by atoms with E-state index in [1.54, 1.807) is 19.1 Å². The van der Waals surface area contributed by atoms with Crippen LogP contribution >= 0.6 is 0 Å². The largest absolute Gasteiger partial charge is 0.449 e. The van der Waals surface area contributed by atoms with Gasteiger partial charge < -0.3 is 10.1 Å². The van der Waals surface area contributed by atoms with Gasteiger partial charge in [-0.3, -0.25) is 19.8 Å². The lowest BCUT2D eigenvalue weighted by Gasteiger charge is -2.27. The number of esters is 1. The van der Waals surface area contributed by atoms with Crippen LogP contribution in [0.3, 0.4) is 0 Å². The fraction of sp³-hybridized carbons (Fsp3) is 0.474. The Balaban J connectivity index is 1.57. The van der Waals surface area contributed by atoms with E-state index in [0.29, 0.717) is 5.69 Å². The van der Waals surface area contributed by atoms with E-state index in [1.807, 2.05) is 0 Å². The van der Waals surface area contributed by atoms with Crippen LogP contribution in [0, 0.1) is 0 Å². The van der Waals surface area contributed by atoms with Gasteiger partial charge in [-0.2, -0.15) is 0 Å². The number of hydrazine groups is 1. The quantitative estimate of drug-likeness (QED) is 0.760. The summed E-state index contributed by atoms with van der Waals surface area (Å²) in [5.74, 6) is -1.37. The van der Waals surface area contributed by atoms with Gasteiger partial charge >= 0.3 is 5.97 Å². The summed E-state index contributed by atoms with van der Waals surface area (Å²) in [4.78, 5) is 47.7. The van der Waals surface area contributed by atoms with Gasteiger partial charge in [0.2, 0.25) is 11.8 Å². The number of nitrogens with one attached hydrogen (secondary N) is 2. The number of nitrogens with zero attached hydrogens (tertiary/aromatic N) is 1. The van der Waals surface area contributed by atoms with E-state index in [9.17, 15) is 19.2 Å². The Kier molecular flexibility index (Phi) is 5.73. The van der Waals surface area contributed by atoms with Crippen molar-refractivity contribution in [1.29, 1.82) is 0 Å². The van der Waals surface area contributed by atoms with Gasteiger partial charge in [-0.1, -0.05) is 12.8 Å². The number of rotatable bonds is 5. The molecule has 3 rings (SSSR count). The topological polar surface area (TPSA) is 105 Å². The van der Waals surface area contributed by atoms with Crippen molar-refractivity contribution in [2.75, 3.05) is 5.01 Å². The summed E-state index contributed by atoms with van der Waals surface area (Å²) in [5, 5.41) is 4.06. The van der Waals surface area contributed by atoms with Gasteiger partial charge in [-0.25, -0.2) is 9.80 Å². The first-order chi connectivity index (χ1) is 12.9. The van der Waals surface area contributed by atoms with Gasteiger partial charge in [-0.05, 0) is 44.0 Å². The molecule has 0 spiro atoms. The van der Waals surface area contributed by atoms with E-state index in [0.717, 1.165) is 25.7 Å². The van der Waals surface area contributed by atoms with Crippen LogP contribution in [0.1, 0.15) is 55.8 Å². The summed E-state index contributed by atoms with van der Waals surface area (Å²) in [6, 6.07) is 6.24. The van der Waals surface area contributed by atoms with Crippen molar-refractivity contribution in [1.82, 2.24) is 10.7 Å². The van der Waals surface area contributed by atoms with Crippen LogP contribution in [0.5, 0.6) is 0 Å². The number of ether oxygens (including phenoxy) is 1. The number of hydrogen-bond donors (Lipinski definition) is 2. The van der Waals surface area contributed by atoms with Crippen molar-refractivity contribution in [3.8, 4) is 0 Å². The average molecular weight is 373 g/mol. The molecule has 0 radical (unpaired) electrons. The van der Waals surface area contributed by atoms with Gasteiger partial charge in [0.05, 0.1) is 11.3 Å². The van der Waals surface area contributed by atoms with E-state index in [-0.39, 0.29) is 42.2 Å². The first-order valence-corrected chi connectivity index (χ1v) is 9.18. The fourth-order valence-electron chi connectivity index (χ4n) is 3.20. The highest BCUT2D eigenvalue weighted by Gasteiger charge is 2.26. The third kappa shape index (κ3) is 4.64.